The number of aromatic nitrogens is 1. The molecule has 0 aliphatic carbocycles. The molecule has 19 heavy (non-hydrogen) atoms. The molecule has 3 unspecified atom stereocenters. The first-order chi connectivity index (χ1) is 9.29. The number of amides is 1. The normalized spacial score (nSPS) is 28.9. The highest BCUT2D eigenvalue weighted by Crippen LogP contribution is 2.34. The number of ether oxygens (including phenoxy) is 1. The Hall–Kier alpha value is -1.81. The van der Waals surface area contributed by atoms with E-state index >= 15 is 0 Å². The fourth-order valence-electron chi connectivity index (χ4n) is 3.23. The summed E-state index contributed by atoms with van der Waals surface area (Å²) < 4.78 is 5.76. The molecule has 2 aliphatic heterocycles. The maximum absolute atomic E-state index is 12.2. The lowest BCUT2D eigenvalue weighted by molar-refractivity contribution is 0.0838. The first-order valence-electron chi connectivity index (χ1n) is 6.84. The van der Waals surface area contributed by atoms with Crippen LogP contribution in [0.25, 0.3) is 10.9 Å². The predicted octanol–water partition coefficient (Wildman–Crippen LogP) is 2.22. The summed E-state index contributed by atoms with van der Waals surface area (Å²) >= 11 is 0. The zero-order valence-electron chi connectivity index (χ0n) is 10.6. The highest BCUT2D eigenvalue weighted by molar-refractivity contribution is 5.98. The number of fused-ring (bicyclic) bond motifs is 3. The fourth-order valence-corrected chi connectivity index (χ4v) is 3.23. The van der Waals surface area contributed by atoms with Crippen LogP contribution < -0.4 is 5.32 Å². The zero-order chi connectivity index (χ0) is 12.8. The number of nitrogens with one attached hydrogen (secondary N) is 2. The van der Waals surface area contributed by atoms with Crippen LogP contribution in [0.15, 0.2) is 30.3 Å². The summed E-state index contributed by atoms with van der Waals surface area (Å²) in [7, 11) is 0. The summed E-state index contributed by atoms with van der Waals surface area (Å²) in [4.78, 5) is 15.4. The average molecular weight is 256 g/mol. The van der Waals surface area contributed by atoms with Gasteiger partial charge in [-0.2, -0.15) is 0 Å². The van der Waals surface area contributed by atoms with E-state index in [1.54, 1.807) is 0 Å². The lowest BCUT2D eigenvalue weighted by Gasteiger charge is -2.19. The third-order valence-corrected chi connectivity index (χ3v) is 4.20. The van der Waals surface area contributed by atoms with Gasteiger partial charge in [0.1, 0.15) is 5.69 Å². The molecule has 0 spiro atoms. The number of hydrogen-bond acceptors (Lipinski definition) is 2. The van der Waals surface area contributed by atoms with Gasteiger partial charge in [-0.1, -0.05) is 18.2 Å². The van der Waals surface area contributed by atoms with Crippen molar-refractivity contribution in [3.05, 3.63) is 36.0 Å². The highest BCUT2D eigenvalue weighted by Gasteiger charge is 2.41. The van der Waals surface area contributed by atoms with Gasteiger partial charge >= 0.3 is 0 Å². The van der Waals surface area contributed by atoms with E-state index in [1.165, 1.54) is 0 Å². The van der Waals surface area contributed by atoms with Crippen LogP contribution in [0, 0.1) is 0 Å². The van der Waals surface area contributed by atoms with E-state index in [1.807, 2.05) is 30.3 Å². The Labute approximate surface area is 111 Å². The fraction of sp³-hybridized carbons (Fsp3) is 0.400. The van der Waals surface area contributed by atoms with Crippen molar-refractivity contribution in [1.82, 2.24) is 10.3 Å². The monoisotopic (exact) mass is 256 g/mol. The van der Waals surface area contributed by atoms with E-state index in [4.69, 9.17) is 4.74 Å². The largest absolute Gasteiger partial charge is 0.373 e. The van der Waals surface area contributed by atoms with Crippen LogP contribution in [0.2, 0.25) is 0 Å². The van der Waals surface area contributed by atoms with Crippen LogP contribution in [0.3, 0.4) is 0 Å². The van der Waals surface area contributed by atoms with Gasteiger partial charge in [0, 0.05) is 10.9 Å². The van der Waals surface area contributed by atoms with Crippen LogP contribution >= 0.6 is 0 Å². The number of aromatic amines is 1. The Morgan fingerprint density at radius 3 is 2.95 bits per heavy atom. The summed E-state index contributed by atoms with van der Waals surface area (Å²) in [6, 6.07) is 10.00. The lowest BCUT2D eigenvalue weighted by atomic mass is 9.95. The number of benzene rings is 1. The molecule has 1 aromatic heterocycles. The molecule has 2 aliphatic rings. The molecule has 1 aromatic carbocycles. The van der Waals surface area contributed by atoms with Crippen molar-refractivity contribution in [3.63, 3.8) is 0 Å². The topological polar surface area (TPSA) is 54.1 Å². The molecule has 2 saturated heterocycles. The van der Waals surface area contributed by atoms with E-state index in [2.05, 4.69) is 10.3 Å². The third-order valence-electron chi connectivity index (χ3n) is 4.20. The molecular weight excluding hydrogens is 240 g/mol. The van der Waals surface area contributed by atoms with Gasteiger partial charge in [-0.15, -0.1) is 0 Å². The van der Waals surface area contributed by atoms with Crippen LogP contribution in [0.4, 0.5) is 0 Å². The van der Waals surface area contributed by atoms with Crippen molar-refractivity contribution in [2.24, 2.45) is 0 Å². The Morgan fingerprint density at radius 1 is 1.32 bits per heavy atom. The van der Waals surface area contributed by atoms with Crippen molar-refractivity contribution < 1.29 is 9.53 Å². The molecule has 3 heterocycles. The number of rotatable bonds is 2. The molecule has 0 radical (unpaired) electrons. The molecule has 4 rings (SSSR count). The SMILES string of the molecule is O=C(NC1CC2CCC1O2)c1cc2ccccc2[nH]1. The van der Waals surface area contributed by atoms with Gasteiger partial charge in [-0.05, 0) is 31.4 Å². The Balaban J connectivity index is 1.53. The number of para-hydroxylation sites is 1. The van der Waals surface area contributed by atoms with Gasteiger partial charge in [-0.25, -0.2) is 0 Å². The predicted molar refractivity (Wildman–Crippen MR) is 72.1 cm³/mol. The van der Waals surface area contributed by atoms with Crippen LogP contribution in [-0.2, 0) is 4.74 Å². The van der Waals surface area contributed by atoms with Gasteiger partial charge < -0.3 is 15.0 Å². The molecule has 2 N–H and O–H groups in total. The van der Waals surface area contributed by atoms with Gasteiger partial charge in [0.15, 0.2) is 0 Å². The standard InChI is InChI=1S/C15H16N2O2/c18-15(17-12-8-10-5-6-14(12)19-10)13-7-9-3-1-2-4-11(9)16-13/h1-4,7,10,12,14,16H,5-6,8H2,(H,17,18). The second-order valence-electron chi connectivity index (χ2n) is 5.46. The van der Waals surface area contributed by atoms with Gasteiger partial charge in [-0.3, -0.25) is 4.79 Å². The van der Waals surface area contributed by atoms with Crippen molar-refractivity contribution in [1.29, 1.82) is 0 Å². The van der Waals surface area contributed by atoms with Crippen LogP contribution in [0.1, 0.15) is 29.8 Å². The first-order valence-corrected chi connectivity index (χ1v) is 6.84. The van der Waals surface area contributed by atoms with Crippen molar-refractivity contribution >= 4 is 16.8 Å². The summed E-state index contributed by atoms with van der Waals surface area (Å²) in [5.41, 5.74) is 1.63. The molecule has 0 saturated carbocycles. The molecule has 98 valence electrons. The number of carbonyl (C=O) groups excluding carboxylic acids is 1. The summed E-state index contributed by atoms with van der Waals surface area (Å²) in [5.74, 6) is -0.0302. The van der Waals surface area contributed by atoms with Crippen LogP contribution in [-0.4, -0.2) is 29.1 Å². The maximum Gasteiger partial charge on any atom is 0.268 e. The van der Waals surface area contributed by atoms with Gasteiger partial charge in [0.05, 0.1) is 18.2 Å². The minimum Gasteiger partial charge on any atom is -0.373 e. The minimum absolute atomic E-state index is 0.0302. The summed E-state index contributed by atoms with van der Waals surface area (Å²) in [6.07, 6.45) is 3.75. The highest BCUT2D eigenvalue weighted by atomic mass is 16.5. The maximum atomic E-state index is 12.2. The smallest absolute Gasteiger partial charge is 0.268 e. The molecule has 4 heteroatoms. The average Bonchev–Trinajstić information content (AvgIpc) is 3.12. The van der Waals surface area contributed by atoms with Gasteiger partial charge in [0.25, 0.3) is 5.91 Å². The van der Waals surface area contributed by atoms with E-state index in [0.29, 0.717) is 11.8 Å². The van der Waals surface area contributed by atoms with E-state index in [-0.39, 0.29) is 18.1 Å². The van der Waals surface area contributed by atoms with Crippen molar-refractivity contribution in [2.45, 2.75) is 37.5 Å². The number of H-pyrrole nitrogens is 1. The molecule has 3 atom stereocenters. The zero-order valence-corrected chi connectivity index (χ0v) is 10.6. The van der Waals surface area contributed by atoms with Crippen molar-refractivity contribution in [3.8, 4) is 0 Å². The summed E-state index contributed by atoms with van der Waals surface area (Å²) in [5, 5.41) is 4.16. The molecule has 4 nitrogen and oxygen atoms in total. The molecule has 2 bridgehead atoms. The second-order valence-corrected chi connectivity index (χ2v) is 5.46. The quantitative estimate of drug-likeness (QED) is 0.865. The van der Waals surface area contributed by atoms with E-state index in [0.717, 1.165) is 30.2 Å². The molecule has 1 amide bonds. The van der Waals surface area contributed by atoms with Crippen molar-refractivity contribution in [2.75, 3.05) is 0 Å². The number of carbonyl (C=O) groups is 1. The Bertz CT molecular complexity index is 601. The minimum atomic E-state index is -0.0302. The van der Waals surface area contributed by atoms with Crippen LogP contribution in [0.5, 0.6) is 0 Å². The Kier molecular flexibility index (Phi) is 2.38. The first kappa shape index (κ1) is 11.1. The number of hydrogen-bond donors (Lipinski definition) is 2. The molecule has 2 aromatic rings. The third kappa shape index (κ3) is 1.83. The van der Waals surface area contributed by atoms with Gasteiger partial charge in [0.2, 0.25) is 0 Å². The Morgan fingerprint density at radius 2 is 2.21 bits per heavy atom. The van der Waals surface area contributed by atoms with E-state index in [9.17, 15) is 4.79 Å². The lowest BCUT2D eigenvalue weighted by Crippen LogP contribution is -2.41. The second kappa shape index (κ2) is 4.10. The molecular formula is C15H16N2O2. The van der Waals surface area contributed by atoms with E-state index < -0.39 is 0 Å². The molecule has 2 fully saturated rings. The summed E-state index contributed by atoms with van der Waals surface area (Å²) in [6.45, 7) is 0.